The Hall–Kier alpha value is -5.40. The van der Waals surface area contributed by atoms with Crippen molar-refractivity contribution in [3.63, 3.8) is 0 Å². The molecule has 0 radical (unpaired) electrons. The molecule has 6 aromatic carbocycles. The minimum absolute atomic E-state index is 0.185. The lowest BCUT2D eigenvalue weighted by Gasteiger charge is -2.35. The number of hydrogen-bond acceptors (Lipinski definition) is 1. The second-order valence-corrected chi connectivity index (χ2v) is 12.2. The summed E-state index contributed by atoms with van der Waals surface area (Å²) in [4.78, 5) is 2.53. The van der Waals surface area contributed by atoms with Crippen LogP contribution in [-0.2, 0) is 5.41 Å². The molecule has 216 valence electrons. The molecule has 0 heterocycles. The van der Waals surface area contributed by atoms with Gasteiger partial charge in [0, 0.05) is 16.8 Å². The molecule has 2 aliphatic rings. The van der Waals surface area contributed by atoms with Gasteiger partial charge in [-0.15, -0.1) is 0 Å². The van der Waals surface area contributed by atoms with Crippen molar-refractivity contribution in [2.24, 2.45) is 0 Å². The first-order chi connectivity index (χ1) is 22.2. The average molecular weight is 578 g/mol. The third kappa shape index (κ3) is 4.73. The van der Waals surface area contributed by atoms with Crippen molar-refractivity contribution in [3.05, 3.63) is 198 Å². The molecule has 8 rings (SSSR count). The minimum Gasteiger partial charge on any atom is -0.334 e. The number of rotatable bonds is 6. The molecule has 1 heteroatoms. The lowest BCUT2D eigenvalue weighted by atomic mass is 9.74. The fraction of sp³-hybridized carbons (Fsp3) is 0.0909. The Morgan fingerprint density at radius 1 is 0.533 bits per heavy atom. The number of hydrogen-bond donors (Lipinski definition) is 0. The molecule has 0 saturated heterocycles. The first-order valence-electron chi connectivity index (χ1n) is 15.9. The van der Waals surface area contributed by atoms with Crippen LogP contribution >= 0.6 is 0 Å². The molecule has 0 saturated carbocycles. The Labute approximate surface area is 266 Å². The van der Waals surface area contributed by atoms with Crippen LogP contribution < -0.4 is 4.90 Å². The highest BCUT2D eigenvalue weighted by Gasteiger charge is 2.41. The maximum Gasteiger partial charge on any atom is 0.0560 e. The molecule has 2 aliphatic carbocycles. The molecule has 1 nitrogen and oxygen atoms in total. The normalized spacial score (nSPS) is 18.2. The third-order valence-corrected chi connectivity index (χ3v) is 9.70. The number of benzene rings is 6. The Balaban J connectivity index is 1.24. The van der Waals surface area contributed by atoms with E-state index in [0.29, 0.717) is 0 Å². The summed E-state index contributed by atoms with van der Waals surface area (Å²) in [6.07, 6.45) is 8.00. The van der Waals surface area contributed by atoms with Crippen LogP contribution in [0.2, 0.25) is 0 Å². The number of allylic oxidation sites excluding steroid dienone is 2. The van der Waals surface area contributed by atoms with Gasteiger partial charge in [-0.3, -0.25) is 0 Å². The Morgan fingerprint density at radius 3 is 1.80 bits per heavy atom. The molecule has 6 aromatic rings. The lowest BCUT2D eigenvalue weighted by Crippen LogP contribution is -2.30. The highest BCUT2D eigenvalue weighted by atomic mass is 15.2. The van der Waals surface area contributed by atoms with Crippen LogP contribution in [0.3, 0.4) is 0 Å². The van der Waals surface area contributed by atoms with Crippen LogP contribution in [-0.4, -0.2) is 6.04 Å². The van der Waals surface area contributed by atoms with E-state index in [4.69, 9.17) is 0 Å². The van der Waals surface area contributed by atoms with E-state index in [1.165, 1.54) is 61.5 Å². The van der Waals surface area contributed by atoms with E-state index in [1.54, 1.807) is 0 Å². The number of anilines is 2. The van der Waals surface area contributed by atoms with E-state index in [2.05, 4.69) is 188 Å². The highest BCUT2D eigenvalue weighted by molar-refractivity contribution is 5.86. The third-order valence-electron chi connectivity index (χ3n) is 9.70. The van der Waals surface area contributed by atoms with E-state index in [1.807, 2.05) is 0 Å². The first kappa shape index (κ1) is 27.2. The van der Waals surface area contributed by atoms with Crippen molar-refractivity contribution in [1.82, 2.24) is 0 Å². The van der Waals surface area contributed by atoms with Gasteiger partial charge in [0.25, 0.3) is 0 Å². The van der Waals surface area contributed by atoms with Crippen LogP contribution in [0.15, 0.2) is 176 Å². The van der Waals surface area contributed by atoms with Crippen LogP contribution in [0.5, 0.6) is 0 Å². The smallest absolute Gasteiger partial charge is 0.0560 e. The van der Waals surface area contributed by atoms with Crippen molar-refractivity contribution < 1.29 is 0 Å². The van der Waals surface area contributed by atoms with Crippen molar-refractivity contribution in [2.75, 3.05) is 4.90 Å². The lowest BCUT2D eigenvalue weighted by molar-refractivity contribution is 0.712. The second-order valence-electron chi connectivity index (χ2n) is 12.2. The van der Waals surface area contributed by atoms with Crippen molar-refractivity contribution in [3.8, 4) is 22.3 Å². The summed E-state index contributed by atoms with van der Waals surface area (Å²) in [6.45, 7) is 2.39. The highest BCUT2D eigenvalue weighted by Crippen LogP contribution is 2.53. The SMILES string of the molecule is CC1(c2ccccc2)c2ccccc2-c2ccc(N(c3ccc(-c4ccccc4)cc3)C3C=CC(c4ccccc4)=CC3)cc21. The molecule has 45 heavy (non-hydrogen) atoms. The van der Waals surface area contributed by atoms with Gasteiger partial charge >= 0.3 is 0 Å². The maximum absolute atomic E-state index is 2.53. The van der Waals surface area contributed by atoms with Crippen molar-refractivity contribution in [2.45, 2.75) is 24.8 Å². The van der Waals surface area contributed by atoms with Gasteiger partial charge in [-0.25, -0.2) is 0 Å². The summed E-state index contributed by atoms with van der Waals surface area (Å²) in [6, 6.07) is 57.6. The fourth-order valence-electron chi connectivity index (χ4n) is 7.33. The first-order valence-corrected chi connectivity index (χ1v) is 15.9. The van der Waals surface area contributed by atoms with Gasteiger partial charge in [0.15, 0.2) is 0 Å². The summed E-state index contributed by atoms with van der Waals surface area (Å²) in [5, 5.41) is 0. The summed E-state index contributed by atoms with van der Waals surface area (Å²) >= 11 is 0. The largest absolute Gasteiger partial charge is 0.334 e. The summed E-state index contributed by atoms with van der Waals surface area (Å²) in [7, 11) is 0. The molecule has 0 amide bonds. The van der Waals surface area contributed by atoms with Gasteiger partial charge in [-0.1, -0.05) is 152 Å². The van der Waals surface area contributed by atoms with Gasteiger partial charge < -0.3 is 4.90 Å². The zero-order valence-corrected chi connectivity index (χ0v) is 25.5. The van der Waals surface area contributed by atoms with E-state index < -0.39 is 0 Å². The summed E-state index contributed by atoms with van der Waals surface area (Å²) < 4.78 is 0. The van der Waals surface area contributed by atoms with E-state index in [-0.39, 0.29) is 11.5 Å². The molecule has 2 unspecified atom stereocenters. The van der Waals surface area contributed by atoms with Crippen molar-refractivity contribution in [1.29, 1.82) is 0 Å². The molecular weight excluding hydrogens is 542 g/mol. The number of fused-ring (bicyclic) bond motifs is 3. The predicted octanol–water partition coefficient (Wildman–Crippen LogP) is 11.2. The van der Waals surface area contributed by atoms with E-state index >= 15 is 0 Å². The quantitative estimate of drug-likeness (QED) is 0.190. The molecule has 0 N–H and O–H groups in total. The zero-order valence-electron chi connectivity index (χ0n) is 25.5. The van der Waals surface area contributed by atoms with Gasteiger partial charge in [0.1, 0.15) is 0 Å². The van der Waals surface area contributed by atoms with Crippen LogP contribution in [0.1, 0.15) is 35.6 Å². The molecular formula is C44H35N. The second kappa shape index (κ2) is 11.3. The Kier molecular flexibility index (Phi) is 6.80. The van der Waals surface area contributed by atoms with Gasteiger partial charge in [0.05, 0.1) is 6.04 Å². The maximum atomic E-state index is 2.53. The topological polar surface area (TPSA) is 3.24 Å². The van der Waals surface area contributed by atoms with Crippen LogP contribution in [0.25, 0.3) is 27.8 Å². The molecule has 0 fully saturated rings. The minimum atomic E-state index is -0.241. The molecule has 0 bridgehead atoms. The van der Waals surface area contributed by atoms with Crippen LogP contribution in [0.4, 0.5) is 11.4 Å². The average Bonchev–Trinajstić information content (AvgIpc) is 3.38. The fourth-order valence-corrected chi connectivity index (χ4v) is 7.33. The summed E-state index contributed by atoms with van der Waals surface area (Å²) in [5.74, 6) is 0. The predicted molar refractivity (Wildman–Crippen MR) is 190 cm³/mol. The summed E-state index contributed by atoms with van der Waals surface area (Å²) in [5.41, 5.74) is 13.9. The molecule has 0 aliphatic heterocycles. The standard InChI is InChI=1S/C44H35N/c1-44(36-17-9-4-10-18-36)42-20-12-11-19-40(42)41-30-29-39(31-43(41)44)45(37-25-21-34(22-26-37)32-13-5-2-6-14-32)38-27-23-35(24-28-38)33-15-7-3-8-16-33/h2-27,29-31,38H,28H2,1H3. The van der Waals surface area contributed by atoms with E-state index in [0.717, 1.165) is 6.42 Å². The molecule has 0 aromatic heterocycles. The molecule has 0 spiro atoms. The van der Waals surface area contributed by atoms with Crippen LogP contribution in [0, 0.1) is 0 Å². The Bertz CT molecular complexity index is 2020. The number of nitrogens with zero attached hydrogens (tertiary/aromatic N) is 1. The Morgan fingerprint density at radius 2 is 1.11 bits per heavy atom. The zero-order chi connectivity index (χ0) is 30.2. The van der Waals surface area contributed by atoms with Gasteiger partial charge in [0.2, 0.25) is 0 Å². The van der Waals surface area contributed by atoms with Gasteiger partial charge in [-0.05, 0) is 87.7 Å². The van der Waals surface area contributed by atoms with Gasteiger partial charge in [-0.2, -0.15) is 0 Å². The monoisotopic (exact) mass is 577 g/mol. The molecule has 2 atom stereocenters. The van der Waals surface area contributed by atoms with E-state index in [9.17, 15) is 0 Å². The van der Waals surface area contributed by atoms with Crippen molar-refractivity contribution >= 4 is 16.9 Å².